The highest BCUT2D eigenvalue weighted by Crippen LogP contribution is 2.15. The molecule has 0 unspecified atom stereocenters. The monoisotopic (exact) mass is 734 g/mol. The topological polar surface area (TPSA) is 190 Å². The molecule has 0 amide bonds. The first-order chi connectivity index (χ1) is 22.2. The Labute approximate surface area is 301 Å². The highest BCUT2D eigenvalue weighted by atomic mass is 35.5. The van der Waals surface area contributed by atoms with E-state index in [0.717, 1.165) is 54.5 Å². The maximum absolute atomic E-state index is 12.1. The average molecular weight is 736 g/mol. The summed E-state index contributed by atoms with van der Waals surface area (Å²) in [6, 6.07) is 18.4. The van der Waals surface area contributed by atoms with Crippen molar-refractivity contribution in [2.75, 3.05) is 55.8 Å². The predicted octanol–water partition coefficient (Wildman–Crippen LogP) is 7.49. The molecule has 3 aromatic rings. The number of nitrogen functional groups attached to an aromatic ring is 1. The molecule has 13 nitrogen and oxygen atoms in total. The summed E-state index contributed by atoms with van der Waals surface area (Å²) in [5.74, 6) is -0.467. The van der Waals surface area contributed by atoms with Gasteiger partial charge in [-0.3, -0.25) is 20.2 Å². The molecule has 0 atom stereocenters. The van der Waals surface area contributed by atoms with E-state index in [1.165, 1.54) is 12.1 Å². The van der Waals surface area contributed by atoms with Gasteiger partial charge in [0.15, 0.2) is 0 Å². The fourth-order valence-corrected chi connectivity index (χ4v) is 3.15. The van der Waals surface area contributed by atoms with Gasteiger partial charge in [-0.1, -0.05) is 0 Å². The van der Waals surface area contributed by atoms with Gasteiger partial charge in [-0.25, -0.2) is 4.39 Å². The fourth-order valence-electron chi connectivity index (χ4n) is 3.15. The minimum absolute atomic E-state index is 0. The summed E-state index contributed by atoms with van der Waals surface area (Å²) in [5.41, 5.74) is 13.4. The van der Waals surface area contributed by atoms with Crippen molar-refractivity contribution in [3.63, 3.8) is 0 Å². The van der Waals surface area contributed by atoms with E-state index in [1.54, 1.807) is 12.1 Å². The molecule has 0 radical (unpaired) electrons. The Morgan fingerprint density at radius 3 is 1.27 bits per heavy atom. The molecule has 0 fully saturated rings. The lowest BCUT2D eigenvalue weighted by Gasteiger charge is -2.09. The smallest absolute Gasteiger partial charge is 0.269 e. The Bertz CT molecular complexity index is 1240. The van der Waals surface area contributed by atoms with Gasteiger partial charge in [-0.2, -0.15) is 0 Å². The van der Waals surface area contributed by atoms with E-state index in [0.29, 0.717) is 38.5 Å². The maximum Gasteiger partial charge on any atom is 0.269 e. The Morgan fingerprint density at radius 2 is 0.959 bits per heavy atom. The van der Waals surface area contributed by atoms with Crippen molar-refractivity contribution in [2.45, 2.75) is 59.9 Å². The minimum atomic E-state index is -0.570. The predicted molar refractivity (Wildman–Crippen MR) is 201 cm³/mol. The first-order valence-corrected chi connectivity index (χ1v) is 15.3. The summed E-state index contributed by atoms with van der Waals surface area (Å²) in [6.07, 6.45) is 0.838. The third-order valence-corrected chi connectivity index (χ3v) is 5.36. The Hall–Kier alpha value is -3.79. The Kier molecular flexibility index (Phi) is 30.6. The summed E-state index contributed by atoms with van der Waals surface area (Å²) >= 11 is 0. The number of ether oxygens (including phenoxy) is 3. The molecule has 0 aliphatic carbocycles. The maximum atomic E-state index is 12.1. The number of rotatable bonds is 15. The van der Waals surface area contributed by atoms with E-state index in [9.17, 15) is 24.6 Å². The van der Waals surface area contributed by atoms with E-state index in [-0.39, 0.29) is 42.3 Å². The largest absolute Gasteiger partial charge is 0.399 e. The van der Waals surface area contributed by atoms with Crippen LogP contribution in [0.25, 0.3) is 0 Å². The summed E-state index contributed by atoms with van der Waals surface area (Å²) in [7, 11) is 0. The second kappa shape index (κ2) is 30.3. The first-order valence-electron chi connectivity index (χ1n) is 15.3. The molecule has 0 aromatic heterocycles. The number of nitro benzene ring substituents is 2. The summed E-state index contributed by atoms with van der Waals surface area (Å²) in [6.45, 7) is 16.2. The van der Waals surface area contributed by atoms with Crippen LogP contribution in [0.4, 0.5) is 32.8 Å². The minimum Gasteiger partial charge on any atom is -0.399 e. The van der Waals surface area contributed by atoms with Crippen LogP contribution in [0.2, 0.25) is 0 Å². The van der Waals surface area contributed by atoms with E-state index < -0.39 is 15.7 Å². The van der Waals surface area contributed by atoms with Crippen molar-refractivity contribution in [2.24, 2.45) is 5.73 Å². The van der Waals surface area contributed by atoms with E-state index in [2.05, 4.69) is 10.6 Å². The lowest BCUT2D eigenvalue weighted by atomic mass is 10.3. The van der Waals surface area contributed by atoms with E-state index in [1.807, 2.05) is 65.8 Å². The van der Waals surface area contributed by atoms with Crippen LogP contribution < -0.4 is 22.1 Å². The van der Waals surface area contributed by atoms with Crippen LogP contribution in [0.5, 0.6) is 0 Å². The van der Waals surface area contributed by atoms with Gasteiger partial charge in [0, 0.05) is 61.0 Å². The molecule has 278 valence electrons. The van der Waals surface area contributed by atoms with Crippen LogP contribution in [0.3, 0.4) is 0 Å². The van der Waals surface area contributed by atoms with Gasteiger partial charge in [-0.05, 0) is 90.1 Å². The van der Waals surface area contributed by atoms with Crippen LogP contribution in [-0.2, 0) is 14.2 Å². The second-order valence-corrected chi connectivity index (χ2v) is 10.6. The molecular weight excluding hydrogens is 682 g/mol. The molecule has 0 bridgehead atoms. The van der Waals surface area contributed by atoms with Gasteiger partial charge in [0.1, 0.15) is 5.82 Å². The van der Waals surface area contributed by atoms with E-state index in [4.69, 9.17) is 25.7 Å². The van der Waals surface area contributed by atoms with Gasteiger partial charge in [0.2, 0.25) is 0 Å². The van der Waals surface area contributed by atoms with E-state index >= 15 is 0 Å². The highest BCUT2D eigenvalue weighted by Gasteiger charge is 2.04. The van der Waals surface area contributed by atoms with Gasteiger partial charge in [0.25, 0.3) is 11.4 Å². The molecule has 3 aromatic carbocycles. The SMILES string of the molecule is CC(C)OCCN.CC(C)OCCNc1ccc(N)cc1.CC(C)OCCNc1ccc([N+](=O)[O-])cc1.Cl.Cl.O=[N+]([O-])c1ccc(F)cc1. The number of anilines is 3. The third-order valence-electron chi connectivity index (χ3n) is 5.36. The van der Waals surface area contributed by atoms with Crippen LogP contribution in [-0.4, -0.2) is 67.6 Å². The van der Waals surface area contributed by atoms with Crippen molar-refractivity contribution in [1.29, 1.82) is 0 Å². The zero-order valence-corrected chi connectivity index (χ0v) is 30.6. The summed E-state index contributed by atoms with van der Waals surface area (Å²) in [4.78, 5) is 19.4. The molecule has 0 saturated heterocycles. The standard InChI is InChI=1S/C11H16N2O3.C11H18N2O.C6H4FNO2.C5H13NO.2ClH/c1-9(2)16-8-7-12-10-3-5-11(6-4-10)13(14)15;1-9(2)14-8-7-13-11-5-3-10(12)4-6-11;7-5-1-3-6(4-2-5)8(9)10;1-5(2)7-4-3-6;;/h3-6,9,12H,7-8H2,1-2H3;3-6,9,13H,7-8,12H2,1-2H3;1-4H;5H,3-4,6H2,1-2H3;2*1H. The summed E-state index contributed by atoms with van der Waals surface area (Å²) in [5, 5.41) is 26.8. The number of hydrogen-bond acceptors (Lipinski definition) is 11. The molecule has 16 heteroatoms. The van der Waals surface area contributed by atoms with Crippen LogP contribution in [0, 0.1) is 26.0 Å². The van der Waals surface area contributed by atoms with Crippen LogP contribution >= 0.6 is 24.8 Å². The number of halogens is 3. The molecular formula is C33H53Cl2FN6O7. The van der Waals surface area contributed by atoms with Crippen molar-refractivity contribution in [1.82, 2.24) is 0 Å². The van der Waals surface area contributed by atoms with Gasteiger partial charge >= 0.3 is 0 Å². The number of nitrogens with one attached hydrogen (secondary N) is 2. The summed E-state index contributed by atoms with van der Waals surface area (Å²) < 4.78 is 27.9. The molecule has 49 heavy (non-hydrogen) atoms. The van der Waals surface area contributed by atoms with Crippen molar-refractivity contribution < 1.29 is 28.4 Å². The highest BCUT2D eigenvalue weighted by molar-refractivity contribution is 5.85. The number of nitrogens with two attached hydrogens (primary N) is 2. The number of nitrogens with zero attached hydrogens (tertiary/aromatic N) is 2. The molecule has 0 saturated carbocycles. The number of hydrogen-bond donors (Lipinski definition) is 4. The van der Waals surface area contributed by atoms with Gasteiger partial charge < -0.3 is 36.3 Å². The zero-order valence-electron chi connectivity index (χ0n) is 29.0. The van der Waals surface area contributed by atoms with Crippen molar-refractivity contribution >= 4 is 53.3 Å². The molecule has 0 heterocycles. The number of nitro groups is 2. The molecule has 6 N–H and O–H groups in total. The Balaban J connectivity index is -0.000000591. The first kappa shape index (κ1) is 49.6. The van der Waals surface area contributed by atoms with Gasteiger partial charge in [0.05, 0.1) is 48.0 Å². The molecule has 0 spiro atoms. The lowest BCUT2D eigenvalue weighted by Crippen LogP contribution is -2.13. The van der Waals surface area contributed by atoms with Gasteiger partial charge in [-0.15, -0.1) is 24.8 Å². The fraction of sp³-hybridized carbons (Fsp3) is 0.455. The zero-order chi connectivity index (χ0) is 35.6. The van der Waals surface area contributed by atoms with Crippen LogP contribution in [0.15, 0.2) is 72.8 Å². The number of benzene rings is 3. The third kappa shape index (κ3) is 28.9. The molecule has 0 aliphatic heterocycles. The number of non-ortho nitro benzene ring substituents is 2. The van der Waals surface area contributed by atoms with Crippen molar-refractivity contribution in [3.05, 3.63) is 98.8 Å². The van der Waals surface area contributed by atoms with Crippen molar-refractivity contribution in [3.8, 4) is 0 Å². The van der Waals surface area contributed by atoms with Crippen LogP contribution in [0.1, 0.15) is 41.5 Å². The average Bonchev–Trinajstić information content (AvgIpc) is 3.02. The second-order valence-electron chi connectivity index (χ2n) is 10.6. The lowest BCUT2D eigenvalue weighted by molar-refractivity contribution is -0.385. The normalized spacial score (nSPS) is 9.78. The Morgan fingerprint density at radius 1 is 0.633 bits per heavy atom. The quantitative estimate of drug-likeness (QED) is 0.0524. The molecule has 3 rings (SSSR count). The molecule has 0 aliphatic rings.